The van der Waals surface area contributed by atoms with E-state index in [9.17, 15) is 4.39 Å². The average molecular weight is 426 g/mol. The number of morpholine rings is 1. The summed E-state index contributed by atoms with van der Waals surface area (Å²) in [7, 11) is 0. The Bertz CT molecular complexity index is 882. The number of aromatic nitrogens is 1. The first-order chi connectivity index (χ1) is 15.1. The van der Waals surface area contributed by atoms with Crippen LogP contribution in [0.3, 0.4) is 0 Å². The minimum absolute atomic E-state index is 0.0513. The molecular formula is C24H32FN5O. The lowest BCUT2D eigenvalue weighted by molar-refractivity contribution is -0.0605. The van der Waals surface area contributed by atoms with Gasteiger partial charge < -0.3 is 19.9 Å². The Morgan fingerprint density at radius 3 is 2.71 bits per heavy atom. The summed E-state index contributed by atoms with van der Waals surface area (Å²) < 4.78 is 19.5. The summed E-state index contributed by atoms with van der Waals surface area (Å²) in [4.78, 5) is 14.1. The molecule has 2 aliphatic rings. The van der Waals surface area contributed by atoms with Crippen LogP contribution in [0.5, 0.6) is 0 Å². The summed E-state index contributed by atoms with van der Waals surface area (Å²) in [6, 6.07) is 10.8. The van der Waals surface area contributed by atoms with Gasteiger partial charge in [-0.15, -0.1) is 0 Å². The highest BCUT2D eigenvalue weighted by molar-refractivity contribution is 5.80. The monoisotopic (exact) mass is 425 g/mol. The third kappa shape index (κ3) is 5.53. The average Bonchev–Trinajstić information content (AvgIpc) is 3.32. The van der Waals surface area contributed by atoms with Crippen LogP contribution in [-0.2, 0) is 11.3 Å². The van der Waals surface area contributed by atoms with E-state index < -0.39 is 0 Å². The molecule has 0 spiro atoms. The second kappa shape index (κ2) is 10.1. The molecule has 2 atom stereocenters. The summed E-state index contributed by atoms with van der Waals surface area (Å²) >= 11 is 0. The van der Waals surface area contributed by atoms with Crippen molar-refractivity contribution in [3.63, 3.8) is 0 Å². The maximum atomic E-state index is 13.3. The van der Waals surface area contributed by atoms with Crippen molar-refractivity contribution in [2.75, 3.05) is 37.6 Å². The van der Waals surface area contributed by atoms with Crippen LogP contribution in [0.25, 0.3) is 0 Å². The number of nitrogens with one attached hydrogen (secondary N) is 1. The van der Waals surface area contributed by atoms with E-state index in [-0.39, 0.29) is 18.0 Å². The fourth-order valence-electron chi connectivity index (χ4n) is 4.26. The Balaban J connectivity index is 1.48. The number of guanidine groups is 1. The van der Waals surface area contributed by atoms with Crippen molar-refractivity contribution in [2.24, 2.45) is 4.99 Å². The minimum Gasteiger partial charge on any atom is -0.367 e. The highest BCUT2D eigenvalue weighted by Gasteiger charge is 2.28. The summed E-state index contributed by atoms with van der Waals surface area (Å²) in [6.45, 7) is 9.14. The molecule has 2 saturated heterocycles. The molecule has 1 aromatic carbocycles. The molecule has 2 aliphatic heterocycles. The van der Waals surface area contributed by atoms with E-state index in [1.54, 1.807) is 12.1 Å². The van der Waals surface area contributed by atoms with Crippen molar-refractivity contribution in [1.82, 2.24) is 15.2 Å². The van der Waals surface area contributed by atoms with Gasteiger partial charge in [0.15, 0.2) is 5.96 Å². The van der Waals surface area contributed by atoms with Crippen molar-refractivity contribution >= 4 is 11.8 Å². The number of halogens is 1. The van der Waals surface area contributed by atoms with Crippen LogP contribution >= 0.6 is 0 Å². The van der Waals surface area contributed by atoms with Gasteiger partial charge in [0.2, 0.25) is 0 Å². The van der Waals surface area contributed by atoms with Gasteiger partial charge in [-0.25, -0.2) is 14.4 Å². The van der Waals surface area contributed by atoms with Crippen LogP contribution in [-0.4, -0.2) is 54.7 Å². The Morgan fingerprint density at radius 1 is 1.19 bits per heavy atom. The maximum Gasteiger partial charge on any atom is 0.194 e. The van der Waals surface area contributed by atoms with Crippen molar-refractivity contribution in [3.8, 4) is 0 Å². The van der Waals surface area contributed by atoms with Crippen molar-refractivity contribution in [3.05, 3.63) is 59.5 Å². The van der Waals surface area contributed by atoms with E-state index >= 15 is 0 Å². The zero-order valence-electron chi connectivity index (χ0n) is 18.4. The molecule has 6 nitrogen and oxygen atoms in total. The lowest BCUT2D eigenvalue weighted by Crippen LogP contribution is -2.50. The van der Waals surface area contributed by atoms with E-state index in [2.05, 4.69) is 40.0 Å². The highest BCUT2D eigenvalue weighted by Crippen LogP contribution is 2.26. The molecule has 2 unspecified atom stereocenters. The van der Waals surface area contributed by atoms with Crippen LogP contribution in [0, 0.1) is 5.82 Å². The quantitative estimate of drug-likeness (QED) is 0.584. The molecule has 0 radical (unpaired) electrons. The van der Waals surface area contributed by atoms with E-state index in [1.807, 2.05) is 12.3 Å². The molecule has 2 aromatic rings. The van der Waals surface area contributed by atoms with Gasteiger partial charge in [0.1, 0.15) is 17.7 Å². The number of nitrogens with zero attached hydrogens (tertiary/aromatic N) is 4. The first-order valence-corrected chi connectivity index (χ1v) is 11.3. The number of pyridine rings is 1. The predicted octanol–water partition coefficient (Wildman–Crippen LogP) is 3.75. The van der Waals surface area contributed by atoms with Crippen molar-refractivity contribution in [1.29, 1.82) is 0 Å². The molecule has 0 saturated carbocycles. The van der Waals surface area contributed by atoms with Gasteiger partial charge >= 0.3 is 0 Å². The topological polar surface area (TPSA) is 53.0 Å². The van der Waals surface area contributed by atoms with Gasteiger partial charge in [-0.3, -0.25) is 0 Å². The molecule has 31 heavy (non-hydrogen) atoms. The van der Waals surface area contributed by atoms with Crippen molar-refractivity contribution in [2.45, 2.75) is 45.4 Å². The molecule has 166 valence electrons. The number of rotatable bonds is 5. The van der Waals surface area contributed by atoms with Crippen LogP contribution in [0.4, 0.5) is 10.2 Å². The maximum absolute atomic E-state index is 13.3. The highest BCUT2D eigenvalue weighted by atomic mass is 19.1. The molecular weight excluding hydrogens is 393 g/mol. The number of hydrogen-bond donors (Lipinski definition) is 1. The fourth-order valence-corrected chi connectivity index (χ4v) is 4.26. The molecule has 4 rings (SSSR count). The standard InChI is InChI=1S/C24H32FN5O/c1-3-26-24(28-15-19-10-11-27-23(14-19)29-12-4-5-13-29)30-16-18(2)31-22(17-30)20-6-8-21(25)9-7-20/h6-11,14,18,22H,3-5,12-13,15-17H2,1-2H3,(H,26,28). The normalized spacial score (nSPS) is 22.1. The third-order valence-corrected chi connectivity index (χ3v) is 5.79. The smallest absolute Gasteiger partial charge is 0.194 e. The van der Waals surface area contributed by atoms with Crippen molar-refractivity contribution < 1.29 is 9.13 Å². The number of anilines is 1. The molecule has 0 amide bonds. The van der Waals surface area contributed by atoms with Crippen LogP contribution in [0.15, 0.2) is 47.6 Å². The molecule has 7 heteroatoms. The number of aliphatic imine (C=N–C) groups is 1. The largest absolute Gasteiger partial charge is 0.367 e. The molecule has 2 fully saturated rings. The second-order valence-electron chi connectivity index (χ2n) is 8.28. The van der Waals surface area contributed by atoms with Crippen LogP contribution in [0.2, 0.25) is 0 Å². The number of benzene rings is 1. The Morgan fingerprint density at radius 2 is 1.97 bits per heavy atom. The van der Waals surface area contributed by atoms with Gasteiger partial charge in [-0.1, -0.05) is 12.1 Å². The Kier molecular flexibility index (Phi) is 7.02. The zero-order chi connectivity index (χ0) is 21.6. The summed E-state index contributed by atoms with van der Waals surface area (Å²) in [5.41, 5.74) is 2.14. The lowest BCUT2D eigenvalue weighted by Gasteiger charge is -2.38. The van der Waals surface area contributed by atoms with Gasteiger partial charge in [-0.2, -0.15) is 0 Å². The van der Waals surface area contributed by atoms with E-state index in [0.717, 1.165) is 49.1 Å². The zero-order valence-corrected chi connectivity index (χ0v) is 18.4. The SMILES string of the molecule is CCNC(=NCc1ccnc(N2CCCC2)c1)N1CC(C)OC(c2ccc(F)cc2)C1. The van der Waals surface area contributed by atoms with E-state index in [4.69, 9.17) is 9.73 Å². The van der Waals surface area contributed by atoms with Crippen LogP contribution in [0.1, 0.15) is 43.9 Å². The molecule has 0 bridgehead atoms. The Labute approximate surface area is 184 Å². The number of ether oxygens (including phenoxy) is 1. The summed E-state index contributed by atoms with van der Waals surface area (Å²) in [6.07, 6.45) is 4.29. The number of hydrogen-bond acceptors (Lipinski definition) is 4. The Hall–Kier alpha value is -2.67. The lowest BCUT2D eigenvalue weighted by atomic mass is 10.1. The van der Waals surface area contributed by atoms with Gasteiger partial charge in [0.05, 0.1) is 19.2 Å². The summed E-state index contributed by atoms with van der Waals surface area (Å²) in [5, 5.41) is 3.43. The molecule has 1 aromatic heterocycles. The van der Waals surface area contributed by atoms with Crippen LogP contribution < -0.4 is 10.2 Å². The fraction of sp³-hybridized carbons (Fsp3) is 0.500. The van der Waals surface area contributed by atoms with Gasteiger partial charge in [0.25, 0.3) is 0 Å². The van der Waals surface area contributed by atoms with Gasteiger partial charge in [-0.05, 0) is 62.1 Å². The first-order valence-electron chi connectivity index (χ1n) is 11.3. The predicted molar refractivity (Wildman–Crippen MR) is 122 cm³/mol. The summed E-state index contributed by atoms with van der Waals surface area (Å²) in [5.74, 6) is 1.70. The van der Waals surface area contributed by atoms with Gasteiger partial charge in [0, 0.05) is 32.4 Å². The molecule has 1 N–H and O–H groups in total. The first kappa shape index (κ1) is 21.6. The third-order valence-electron chi connectivity index (χ3n) is 5.79. The molecule has 0 aliphatic carbocycles. The molecule has 3 heterocycles. The van der Waals surface area contributed by atoms with E-state index in [0.29, 0.717) is 13.1 Å². The minimum atomic E-state index is -0.231. The van der Waals surface area contributed by atoms with E-state index in [1.165, 1.54) is 25.0 Å². The second-order valence-corrected chi connectivity index (χ2v) is 8.28.